The maximum absolute atomic E-state index is 9.92. The van der Waals surface area contributed by atoms with Crippen LogP contribution in [0.2, 0.25) is 0 Å². The first-order valence-electron chi connectivity index (χ1n) is 8.87. The first kappa shape index (κ1) is 16.1. The molecule has 2 aromatic heterocycles. The summed E-state index contributed by atoms with van der Waals surface area (Å²) in [5.74, 6) is 0.990. The Bertz CT molecular complexity index is 1150. The lowest BCUT2D eigenvalue weighted by atomic mass is 9.90. The third-order valence-corrected chi connectivity index (χ3v) is 4.96. The molecular weight excluding hydrogens is 342 g/mol. The summed E-state index contributed by atoms with van der Waals surface area (Å²) in [5, 5.41) is 10.8. The molecule has 0 aliphatic carbocycles. The summed E-state index contributed by atoms with van der Waals surface area (Å²) in [4.78, 5) is 8.91. The van der Waals surface area contributed by atoms with Gasteiger partial charge in [0.1, 0.15) is 23.3 Å². The molecule has 0 amide bonds. The molecule has 1 fully saturated rings. The van der Waals surface area contributed by atoms with Gasteiger partial charge in [0, 0.05) is 16.9 Å². The Morgan fingerprint density at radius 3 is 2.89 bits per heavy atom. The van der Waals surface area contributed by atoms with Crippen molar-refractivity contribution in [3.63, 3.8) is 0 Å². The maximum atomic E-state index is 9.92. The van der Waals surface area contributed by atoms with Gasteiger partial charge in [0.05, 0.1) is 42.7 Å². The van der Waals surface area contributed by atoms with Gasteiger partial charge in [0.2, 0.25) is 0 Å². The maximum Gasteiger partial charge on any atom is 0.141 e. The summed E-state index contributed by atoms with van der Waals surface area (Å²) >= 11 is 0. The molecule has 0 atom stereocenters. The number of rotatable bonds is 4. The predicted molar refractivity (Wildman–Crippen MR) is 102 cm³/mol. The van der Waals surface area contributed by atoms with Gasteiger partial charge in [0.25, 0.3) is 0 Å². The summed E-state index contributed by atoms with van der Waals surface area (Å²) in [5.41, 5.74) is 3.43. The number of para-hydroxylation sites is 1. The predicted octanol–water partition coefficient (Wildman–Crippen LogP) is 3.69. The van der Waals surface area contributed by atoms with E-state index in [-0.39, 0.29) is 11.2 Å². The zero-order chi connectivity index (χ0) is 18.4. The Morgan fingerprint density at radius 2 is 2.07 bits per heavy atom. The number of fused-ring (bicyclic) bond motifs is 2. The lowest BCUT2D eigenvalue weighted by Crippen LogP contribution is -2.44. The highest BCUT2D eigenvalue weighted by atomic mass is 16.5. The number of nitrogens with zero attached hydrogens (tertiary/aromatic N) is 3. The molecule has 0 unspecified atom stereocenters. The van der Waals surface area contributed by atoms with Crippen LogP contribution in [0.5, 0.6) is 11.5 Å². The van der Waals surface area contributed by atoms with Gasteiger partial charge in [-0.3, -0.25) is 9.55 Å². The molecule has 1 aliphatic rings. The molecule has 5 rings (SSSR count). The molecule has 1 N–H and O–H groups in total. The molecule has 0 radical (unpaired) electrons. The van der Waals surface area contributed by atoms with Crippen molar-refractivity contribution in [2.75, 3.05) is 19.8 Å². The van der Waals surface area contributed by atoms with E-state index in [1.807, 2.05) is 41.0 Å². The second-order valence-electron chi connectivity index (χ2n) is 7.40. The standard InChI is InChI=1S/C21H19N3O3/c1-21(10-26-11-21)12-27-16-5-6-18-17(8-16)23-13-24(18)15-7-14-3-2-4-19(25)20(14)22-9-15/h2-9,13,25H,10-12H2,1H3. The van der Waals surface area contributed by atoms with Crippen molar-refractivity contribution in [2.45, 2.75) is 6.92 Å². The van der Waals surface area contributed by atoms with Crippen molar-refractivity contribution in [3.05, 3.63) is 55.0 Å². The topological polar surface area (TPSA) is 69.4 Å². The van der Waals surface area contributed by atoms with Crippen LogP contribution in [0.25, 0.3) is 27.6 Å². The highest BCUT2D eigenvalue weighted by molar-refractivity contribution is 5.86. The number of imidazole rings is 1. The van der Waals surface area contributed by atoms with E-state index in [4.69, 9.17) is 9.47 Å². The zero-order valence-electron chi connectivity index (χ0n) is 14.9. The van der Waals surface area contributed by atoms with Crippen LogP contribution in [0, 0.1) is 5.41 Å². The summed E-state index contributed by atoms with van der Waals surface area (Å²) in [6, 6.07) is 13.3. The van der Waals surface area contributed by atoms with Gasteiger partial charge < -0.3 is 14.6 Å². The number of phenols is 1. The van der Waals surface area contributed by atoms with Crippen LogP contribution in [0.1, 0.15) is 6.92 Å². The molecule has 136 valence electrons. The lowest BCUT2D eigenvalue weighted by molar-refractivity contribution is -0.120. The molecule has 0 spiro atoms. The van der Waals surface area contributed by atoms with E-state index >= 15 is 0 Å². The van der Waals surface area contributed by atoms with Crippen molar-refractivity contribution < 1.29 is 14.6 Å². The third kappa shape index (κ3) is 2.78. The molecule has 27 heavy (non-hydrogen) atoms. The number of benzene rings is 2. The highest BCUT2D eigenvalue weighted by Gasteiger charge is 2.34. The van der Waals surface area contributed by atoms with Gasteiger partial charge in [-0.2, -0.15) is 0 Å². The van der Waals surface area contributed by atoms with Crippen molar-refractivity contribution >= 4 is 21.9 Å². The van der Waals surface area contributed by atoms with Crippen molar-refractivity contribution in [2.24, 2.45) is 5.41 Å². The fourth-order valence-corrected chi connectivity index (χ4v) is 3.34. The van der Waals surface area contributed by atoms with Crippen molar-refractivity contribution in [3.8, 4) is 17.2 Å². The summed E-state index contributed by atoms with van der Waals surface area (Å²) in [6.45, 7) is 4.29. The van der Waals surface area contributed by atoms with Gasteiger partial charge in [-0.25, -0.2) is 4.98 Å². The molecule has 3 heterocycles. The van der Waals surface area contributed by atoms with E-state index in [0.717, 1.165) is 41.1 Å². The minimum absolute atomic E-state index is 0.108. The number of hydrogen-bond donors (Lipinski definition) is 1. The molecule has 1 aliphatic heterocycles. The molecular formula is C21H19N3O3. The summed E-state index contributed by atoms with van der Waals surface area (Å²) in [6.07, 6.45) is 3.52. The normalized spacial score (nSPS) is 15.7. The van der Waals surface area contributed by atoms with Gasteiger partial charge in [0.15, 0.2) is 0 Å². The van der Waals surface area contributed by atoms with Crippen LogP contribution in [-0.2, 0) is 4.74 Å². The van der Waals surface area contributed by atoms with E-state index < -0.39 is 0 Å². The molecule has 2 aromatic carbocycles. The summed E-state index contributed by atoms with van der Waals surface area (Å²) < 4.78 is 13.2. The number of aromatic hydroxyl groups is 1. The Hall–Kier alpha value is -3.12. The number of pyridine rings is 1. The third-order valence-electron chi connectivity index (χ3n) is 4.96. The first-order chi connectivity index (χ1) is 13.1. The van der Waals surface area contributed by atoms with Gasteiger partial charge in [-0.05, 0) is 24.3 Å². The SMILES string of the molecule is CC1(COc2ccc3c(c2)ncn3-c2cnc3c(O)cccc3c2)COC1. The molecule has 0 saturated carbocycles. The fraction of sp³-hybridized carbons (Fsp3) is 0.238. The molecule has 1 saturated heterocycles. The van der Waals surface area contributed by atoms with Crippen LogP contribution in [-0.4, -0.2) is 39.5 Å². The average molecular weight is 361 g/mol. The Labute approximate surface area is 156 Å². The molecule has 6 nitrogen and oxygen atoms in total. The highest BCUT2D eigenvalue weighted by Crippen LogP contribution is 2.30. The second-order valence-corrected chi connectivity index (χ2v) is 7.40. The quantitative estimate of drug-likeness (QED) is 0.600. The fourth-order valence-electron chi connectivity index (χ4n) is 3.34. The van der Waals surface area contributed by atoms with Crippen LogP contribution in [0.15, 0.2) is 55.0 Å². The van der Waals surface area contributed by atoms with E-state index in [9.17, 15) is 5.11 Å². The first-order valence-corrected chi connectivity index (χ1v) is 8.87. The molecule has 0 bridgehead atoms. The Balaban J connectivity index is 1.47. The van der Waals surface area contributed by atoms with E-state index in [2.05, 4.69) is 16.9 Å². The minimum Gasteiger partial charge on any atom is -0.506 e. The number of phenolic OH excluding ortho intramolecular Hbond substituents is 1. The van der Waals surface area contributed by atoms with Crippen molar-refractivity contribution in [1.82, 2.24) is 14.5 Å². The zero-order valence-corrected chi connectivity index (χ0v) is 14.9. The Morgan fingerprint density at radius 1 is 1.19 bits per heavy atom. The van der Waals surface area contributed by atoms with Crippen LogP contribution in [0.4, 0.5) is 0 Å². The lowest BCUT2D eigenvalue weighted by Gasteiger charge is -2.37. The smallest absolute Gasteiger partial charge is 0.141 e. The number of hydrogen-bond acceptors (Lipinski definition) is 5. The minimum atomic E-state index is 0.108. The van der Waals surface area contributed by atoms with Gasteiger partial charge >= 0.3 is 0 Å². The van der Waals surface area contributed by atoms with Gasteiger partial charge in [-0.15, -0.1) is 0 Å². The largest absolute Gasteiger partial charge is 0.506 e. The van der Waals surface area contributed by atoms with E-state index in [0.29, 0.717) is 12.1 Å². The monoisotopic (exact) mass is 361 g/mol. The van der Waals surface area contributed by atoms with Gasteiger partial charge in [-0.1, -0.05) is 19.1 Å². The van der Waals surface area contributed by atoms with E-state index in [1.54, 1.807) is 18.6 Å². The van der Waals surface area contributed by atoms with Crippen LogP contribution in [0.3, 0.4) is 0 Å². The van der Waals surface area contributed by atoms with Crippen LogP contribution >= 0.6 is 0 Å². The van der Waals surface area contributed by atoms with Crippen molar-refractivity contribution in [1.29, 1.82) is 0 Å². The van der Waals surface area contributed by atoms with Crippen LogP contribution < -0.4 is 4.74 Å². The summed E-state index contributed by atoms with van der Waals surface area (Å²) in [7, 11) is 0. The average Bonchev–Trinajstić information content (AvgIpc) is 3.08. The molecule has 4 aromatic rings. The molecule has 6 heteroatoms. The second kappa shape index (κ2) is 5.96. The number of ether oxygens (including phenoxy) is 2. The number of aromatic nitrogens is 3. The van der Waals surface area contributed by atoms with E-state index in [1.165, 1.54) is 0 Å². The Kier molecular flexibility index (Phi) is 3.55.